The maximum Gasteiger partial charge on any atom is 0.417 e. The molecule has 1 radical (unpaired) electrons. The van der Waals surface area contributed by atoms with E-state index in [1.807, 2.05) is 0 Å². The molecule has 0 saturated carbocycles. The van der Waals surface area contributed by atoms with E-state index < -0.39 is 17.8 Å². The number of ether oxygens (including phenoxy) is 2. The molecule has 1 fully saturated rings. The van der Waals surface area contributed by atoms with Crippen LogP contribution in [-0.4, -0.2) is 61.2 Å². The fourth-order valence-corrected chi connectivity index (χ4v) is 3.71. The number of carbonyl (C=O) groups is 2. The summed E-state index contributed by atoms with van der Waals surface area (Å²) >= 11 is 0. The molecule has 0 unspecified atom stereocenters. The van der Waals surface area contributed by atoms with E-state index >= 15 is 0 Å². The number of piperazine rings is 1. The van der Waals surface area contributed by atoms with Gasteiger partial charge >= 0.3 is 12.3 Å². The minimum absolute atomic E-state index is 0.102. The van der Waals surface area contributed by atoms with Crippen LogP contribution in [0.25, 0.3) is 17.2 Å². The number of nitrogens with zero attached hydrogens (tertiary/aromatic N) is 2. The summed E-state index contributed by atoms with van der Waals surface area (Å²) in [5, 5.41) is 0. The van der Waals surface area contributed by atoms with Crippen molar-refractivity contribution in [2.24, 2.45) is 0 Å². The van der Waals surface area contributed by atoms with Crippen LogP contribution in [0.5, 0.6) is 5.75 Å². The van der Waals surface area contributed by atoms with Crippen molar-refractivity contribution in [3.05, 3.63) is 59.7 Å². The maximum atomic E-state index is 13.9. The molecule has 0 atom stereocenters. The number of alkyl halides is 3. The molecule has 9 heteroatoms. The Labute approximate surface area is 196 Å². The number of hydrogen-bond donors (Lipinski definition) is 0. The zero-order valence-corrected chi connectivity index (χ0v) is 19.0. The number of para-hydroxylation sites is 1. The predicted molar refractivity (Wildman–Crippen MR) is 121 cm³/mol. The Bertz CT molecular complexity index is 1040. The fourth-order valence-electron chi connectivity index (χ4n) is 3.71. The Kier molecular flexibility index (Phi) is 8.20. The zero-order chi connectivity index (χ0) is 24.7. The number of hydrogen-bond acceptors (Lipinski definition) is 4. The highest BCUT2D eigenvalue weighted by Crippen LogP contribution is 2.42. The van der Waals surface area contributed by atoms with E-state index in [2.05, 4.69) is 6.07 Å². The maximum absolute atomic E-state index is 13.9. The average Bonchev–Trinajstić information content (AvgIpc) is 2.82. The van der Waals surface area contributed by atoms with Crippen molar-refractivity contribution < 1.29 is 32.2 Å². The van der Waals surface area contributed by atoms with E-state index in [9.17, 15) is 22.8 Å². The van der Waals surface area contributed by atoms with E-state index in [-0.39, 0.29) is 35.8 Å². The van der Waals surface area contributed by atoms with Crippen LogP contribution < -0.4 is 4.74 Å². The smallest absolute Gasteiger partial charge is 0.417 e. The monoisotopic (exact) mass is 475 g/mol. The van der Waals surface area contributed by atoms with Crippen LogP contribution in [0.15, 0.2) is 42.5 Å². The lowest BCUT2D eigenvalue weighted by Gasteiger charge is -2.33. The van der Waals surface area contributed by atoms with Crippen LogP contribution in [0.1, 0.15) is 25.0 Å². The van der Waals surface area contributed by atoms with Crippen LogP contribution in [0.3, 0.4) is 0 Å². The lowest BCUT2D eigenvalue weighted by Crippen LogP contribution is -2.50. The van der Waals surface area contributed by atoms with Crippen LogP contribution in [0, 0.1) is 6.07 Å². The van der Waals surface area contributed by atoms with E-state index in [1.54, 1.807) is 43.0 Å². The highest BCUT2D eigenvalue weighted by Gasteiger charge is 2.35. The molecular weight excluding hydrogens is 449 g/mol. The SMILES string of the molecule is CCOC(=O)N1CCN(C(=O)/C=C/c2cc[c]c(C(F)(F)F)c2-c2ccccc2OCC)CC1. The molecule has 1 aliphatic rings. The summed E-state index contributed by atoms with van der Waals surface area (Å²) in [5.74, 6) is -0.0416. The Morgan fingerprint density at radius 2 is 1.71 bits per heavy atom. The van der Waals surface area contributed by atoms with Gasteiger partial charge in [0.1, 0.15) is 5.75 Å². The quantitative estimate of drug-likeness (QED) is 0.559. The van der Waals surface area contributed by atoms with Crippen molar-refractivity contribution in [2.45, 2.75) is 20.0 Å². The van der Waals surface area contributed by atoms with Gasteiger partial charge in [0.05, 0.1) is 18.8 Å². The summed E-state index contributed by atoms with van der Waals surface area (Å²) in [6.07, 6.45) is -2.45. The zero-order valence-electron chi connectivity index (χ0n) is 19.0. The summed E-state index contributed by atoms with van der Waals surface area (Å²) in [5.41, 5.74) is -0.548. The molecule has 3 rings (SSSR count). The molecule has 1 aliphatic heterocycles. The lowest BCUT2D eigenvalue weighted by atomic mass is 9.93. The van der Waals surface area contributed by atoms with Crippen molar-refractivity contribution in [1.29, 1.82) is 0 Å². The van der Waals surface area contributed by atoms with Gasteiger partial charge in [0.25, 0.3) is 0 Å². The third-order valence-corrected chi connectivity index (χ3v) is 5.29. The van der Waals surface area contributed by atoms with Crippen molar-refractivity contribution in [1.82, 2.24) is 9.80 Å². The molecular formula is C25H26F3N2O4. The molecule has 34 heavy (non-hydrogen) atoms. The second kappa shape index (κ2) is 11.1. The van der Waals surface area contributed by atoms with Crippen molar-refractivity contribution in [3.63, 3.8) is 0 Å². The normalized spacial score (nSPS) is 14.4. The Morgan fingerprint density at radius 3 is 2.35 bits per heavy atom. The van der Waals surface area contributed by atoms with E-state index in [0.717, 1.165) is 0 Å². The van der Waals surface area contributed by atoms with E-state index in [1.165, 1.54) is 29.2 Å². The molecule has 0 bridgehead atoms. The third-order valence-electron chi connectivity index (χ3n) is 5.29. The van der Waals surface area contributed by atoms with E-state index in [0.29, 0.717) is 31.9 Å². The first-order valence-electron chi connectivity index (χ1n) is 11.0. The van der Waals surface area contributed by atoms with Gasteiger partial charge in [0.15, 0.2) is 0 Å². The molecule has 2 aromatic rings. The average molecular weight is 475 g/mol. The topological polar surface area (TPSA) is 59.1 Å². The van der Waals surface area contributed by atoms with Gasteiger partial charge in [-0.3, -0.25) is 4.79 Å². The first-order chi connectivity index (χ1) is 16.3. The number of amides is 2. The van der Waals surface area contributed by atoms with Crippen molar-refractivity contribution in [2.75, 3.05) is 39.4 Å². The van der Waals surface area contributed by atoms with E-state index in [4.69, 9.17) is 9.47 Å². The van der Waals surface area contributed by atoms with Gasteiger partial charge in [-0.1, -0.05) is 30.3 Å². The van der Waals surface area contributed by atoms with Gasteiger partial charge in [0.2, 0.25) is 5.91 Å². The minimum atomic E-state index is -4.65. The summed E-state index contributed by atoms with van der Waals surface area (Å²) in [6.45, 7) is 5.28. The molecule has 0 aliphatic carbocycles. The number of halogens is 3. The predicted octanol–water partition coefficient (Wildman–Crippen LogP) is 4.89. The van der Waals surface area contributed by atoms with Crippen molar-refractivity contribution in [3.8, 4) is 16.9 Å². The lowest BCUT2D eigenvalue weighted by molar-refractivity contribution is -0.137. The van der Waals surface area contributed by atoms with Crippen LogP contribution in [0.4, 0.5) is 18.0 Å². The van der Waals surface area contributed by atoms with Gasteiger partial charge in [-0.05, 0) is 37.6 Å². The number of carbonyl (C=O) groups excluding carboxylic acids is 2. The largest absolute Gasteiger partial charge is 0.493 e. The summed E-state index contributed by atoms with van der Waals surface area (Å²) in [4.78, 5) is 27.6. The Morgan fingerprint density at radius 1 is 1.03 bits per heavy atom. The standard InChI is InChI=1S/C25H26F3N2O4/c1-3-33-21-11-6-5-9-19(21)23-18(8-7-10-20(23)25(26,27)28)12-13-22(31)29-14-16-30(17-15-29)24(32)34-4-2/h5-9,11-13H,3-4,14-17H2,1-2H3/b13-12+. The molecule has 2 amide bonds. The molecule has 181 valence electrons. The summed E-state index contributed by atoms with van der Waals surface area (Å²) < 4.78 is 52.1. The van der Waals surface area contributed by atoms with Gasteiger partial charge in [-0.15, -0.1) is 0 Å². The van der Waals surface area contributed by atoms with Crippen LogP contribution >= 0.6 is 0 Å². The molecule has 2 aromatic carbocycles. The van der Waals surface area contributed by atoms with Crippen molar-refractivity contribution >= 4 is 18.1 Å². The van der Waals surface area contributed by atoms with Crippen LogP contribution in [-0.2, 0) is 15.7 Å². The van der Waals surface area contributed by atoms with Gasteiger partial charge in [0, 0.05) is 43.4 Å². The molecule has 0 aromatic heterocycles. The molecule has 0 N–H and O–H groups in total. The second-order valence-corrected chi connectivity index (χ2v) is 7.45. The van der Waals surface area contributed by atoms with Gasteiger partial charge in [-0.2, -0.15) is 13.2 Å². The second-order valence-electron chi connectivity index (χ2n) is 7.45. The molecule has 1 saturated heterocycles. The minimum Gasteiger partial charge on any atom is -0.493 e. The summed E-state index contributed by atoms with van der Waals surface area (Å²) in [7, 11) is 0. The Hall–Kier alpha value is -3.49. The first-order valence-corrected chi connectivity index (χ1v) is 11.0. The Balaban J connectivity index is 1.88. The van der Waals surface area contributed by atoms with Gasteiger partial charge in [-0.25, -0.2) is 4.79 Å². The van der Waals surface area contributed by atoms with Crippen LogP contribution in [0.2, 0.25) is 0 Å². The summed E-state index contributed by atoms with van der Waals surface area (Å²) in [6, 6.07) is 11.5. The fraction of sp³-hybridized carbons (Fsp3) is 0.360. The number of rotatable bonds is 6. The molecule has 0 spiro atoms. The third kappa shape index (κ3) is 5.89. The number of benzene rings is 2. The highest BCUT2D eigenvalue weighted by molar-refractivity contribution is 5.94. The van der Waals surface area contributed by atoms with Gasteiger partial charge < -0.3 is 19.3 Å². The first kappa shape index (κ1) is 25.1. The highest BCUT2D eigenvalue weighted by atomic mass is 19.4. The molecule has 6 nitrogen and oxygen atoms in total. The molecule has 1 heterocycles.